The molecule has 0 aliphatic carbocycles. The Morgan fingerprint density at radius 2 is 1.64 bits per heavy atom. The third-order valence-corrected chi connectivity index (χ3v) is 5.73. The Morgan fingerprint density at radius 1 is 0.889 bits per heavy atom. The van der Waals surface area contributed by atoms with E-state index < -0.39 is 17.8 Å². The number of nitrogens with zero attached hydrogens (tertiary/aromatic N) is 1. The summed E-state index contributed by atoms with van der Waals surface area (Å²) in [7, 11) is 0. The van der Waals surface area contributed by atoms with Gasteiger partial charge in [-0.15, -0.1) is 0 Å². The summed E-state index contributed by atoms with van der Waals surface area (Å²) in [5.74, 6) is -2.31. The number of hydrazone groups is 1. The van der Waals surface area contributed by atoms with E-state index in [1.165, 1.54) is 18.3 Å². The zero-order chi connectivity index (χ0) is 25.7. The molecule has 0 saturated heterocycles. The molecule has 7 nitrogen and oxygen atoms in total. The molecule has 2 N–H and O–H groups in total. The van der Waals surface area contributed by atoms with Crippen LogP contribution in [0.4, 0.5) is 5.69 Å². The van der Waals surface area contributed by atoms with Crippen molar-refractivity contribution in [3.8, 4) is 5.75 Å². The molecule has 36 heavy (non-hydrogen) atoms. The van der Waals surface area contributed by atoms with Gasteiger partial charge in [0.25, 0.3) is 0 Å². The molecule has 0 bridgehead atoms. The fourth-order valence-corrected chi connectivity index (χ4v) is 3.66. The first kappa shape index (κ1) is 24.9. The minimum atomic E-state index is -1.03. The minimum absolute atomic E-state index is 0.188. The van der Waals surface area contributed by atoms with Crippen LogP contribution in [-0.2, 0) is 9.59 Å². The van der Waals surface area contributed by atoms with Crippen molar-refractivity contribution >= 4 is 63.7 Å². The number of fused-ring (bicyclic) bond motifs is 1. The van der Waals surface area contributed by atoms with E-state index in [2.05, 4.69) is 15.8 Å². The molecule has 0 heterocycles. The summed E-state index contributed by atoms with van der Waals surface area (Å²) < 4.78 is 5.64. The van der Waals surface area contributed by atoms with Crippen LogP contribution in [0.3, 0.4) is 0 Å². The highest BCUT2D eigenvalue weighted by molar-refractivity contribution is 6.42. The number of carbonyl (C=O) groups is 3. The largest absolute Gasteiger partial charge is 0.422 e. The molecular weight excluding hydrogens is 501 g/mol. The fraction of sp³-hybridized carbons (Fsp3) is 0.0370. The van der Waals surface area contributed by atoms with E-state index in [9.17, 15) is 14.4 Å². The smallest absolute Gasteiger partial charge is 0.343 e. The number of halogens is 2. The van der Waals surface area contributed by atoms with Gasteiger partial charge in [0, 0.05) is 10.6 Å². The molecule has 0 saturated carbocycles. The van der Waals surface area contributed by atoms with Crippen LogP contribution in [0.25, 0.3) is 10.8 Å². The van der Waals surface area contributed by atoms with Gasteiger partial charge in [-0.1, -0.05) is 71.2 Å². The Hall–Kier alpha value is -4.20. The number of esters is 1. The second-order valence-electron chi connectivity index (χ2n) is 7.73. The lowest BCUT2D eigenvalue weighted by Gasteiger charge is -2.11. The summed E-state index contributed by atoms with van der Waals surface area (Å²) in [5.41, 5.74) is 4.22. The second kappa shape index (κ2) is 11.0. The molecule has 0 aromatic heterocycles. The number of rotatable bonds is 5. The summed E-state index contributed by atoms with van der Waals surface area (Å²) in [6.45, 7) is 1.92. The molecule has 4 aromatic rings. The molecule has 4 aromatic carbocycles. The first-order chi connectivity index (χ1) is 17.3. The summed E-state index contributed by atoms with van der Waals surface area (Å²) in [6.07, 6.45) is 1.32. The number of nitrogens with one attached hydrogen (secondary N) is 2. The van der Waals surface area contributed by atoms with Gasteiger partial charge in [-0.25, -0.2) is 10.2 Å². The van der Waals surface area contributed by atoms with Gasteiger partial charge in [0.05, 0.1) is 22.5 Å². The molecule has 0 radical (unpaired) electrons. The molecule has 9 heteroatoms. The van der Waals surface area contributed by atoms with Crippen LogP contribution in [-0.4, -0.2) is 24.0 Å². The standard InChI is InChI=1S/C27H19Cl2N3O4/c1-16-6-8-18(9-7-16)27(35)36-24-13-10-17-4-2-3-5-20(17)21(24)15-30-32-26(34)25(33)31-23-14-19(28)11-12-22(23)29/h2-15H,1H3,(H,31,33)(H,32,34)/b30-15+. The van der Waals surface area contributed by atoms with Gasteiger partial charge in [0.2, 0.25) is 0 Å². The van der Waals surface area contributed by atoms with Crippen molar-refractivity contribution < 1.29 is 19.1 Å². The van der Waals surface area contributed by atoms with Gasteiger partial charge >= 0.3 is 17.8 Å². The van der Waals surface area contributed by atoms with Crippen LogP contribution in [0.1, 0.15) is 21.5 Å². The highest BCUT2D eigenvalue weighted by Gasteiger charge is 2.16. The normalized spacial score (nSPS) is 10.9. The molecule has 180 valence electrons. The van der Waals surface area contributed by atoms with Crippen LogP contribution in [0.15, 0.2) is 84.0 Å². The lowest BCUT2D eigenvalue weighted by molar-refractivity contribution is -0.136. The van der Waals surface area contributed by atoms with Gasteiger partial charge in [-0.2, -0.15) is 5.10 Å². The number of anilines is 1. The predicted octanol–water partition coefficient (Wildman–Crippen LogP) is 5.76. The van der Waals surface area contributed by atoms with Crippen molar-refractivity contribution in [2.75, 3.05) is 5.32 Å². The second-order valence-corrected chi connectivity index (χ2v) is 8.58. The molecule has 0 aliphatic heterocycles. The molecular formula is C27H19Cl2N3O4. The number of carbonyl (C=O) groups excluding carboxylic acids is 3. The third kappa shape index (κ3) is 5.89. The quantitative estimate of drug-likeness (QED) is 0.115. The Bertz CT molecular complexity index is 1500. The van der Waals surface area contributed by atoms with Gasteiger partial charge in [-0.05, 0) is 54.1 Å². The van der Waals surface area contributed by atoms with Gasteiger partial charge < -0.3 is 10.1 Å². The lowest BCUT2D eigenvalue weighted by atomic mass is 10.0. The maximum absolute atomic E-state index is 12.7. The molecule has 4 rings (SSSR count). The summed E-state index contributed by atoms with van der Waals surface area (Å²) in [5, 5.41) is 8.46. The van der Waals surface area contributed by atoms with E-state index >= 15 is 0 Å². The molecule has 0 spiro atoms. The van der Waals surface area contributed by atoms with E-state index in [0.29, 0.717) is 16.1 Å². The zero-order valence-electron chi connectivity index (χ0n) is 18.9. The Balaban J connectivity index is 1.54. The van der Waals surface area contributed by atoms with Crippen molar-refractivity contribution in [3.63, 3.8) is 0 Å². The Kier molecular flexibility index (Phi) is 7.63. The van der Waals surface area contributed by atoms with Gasteiger partial charge in [-0.3, -0.25) is 9.59 Å². The van der Waals surface area contributed by atoms with Crippen LogP contribution in [0.5, 0.6) is 5.75 Å². The van der Waals surface area contributed by atoms with E-state index in [1.54, 1.807) is 24.3 Å². The van der Waals surface area contributed by atoms with Crippen molar-refractivity contribution in [2.45, 2.75) is 6.92 Å². The third-order valence-electron chi connectivity index (χ3n) is 5.16. The monoisotopic (exact) mass is 519 g/mol. The van der Waals surface area contributed by atoms with Crippen molar-refractivity contribution in [2.24, 2.45) is 5.10 Å². The first-order valence-corrected chi connectivity index (χ1v) is 11.5. The van der Waals surface area contributed by atoms with Gasteiger partial charge in [0.1, 0.15) is 5.75 Å². The number of hydrogen-bond acceptors (Lipinski definition) is 5. The van der Waals surface area contributed by atoms with E-state index in [-0.39, 0.29) is 16.5 Å². The van der Waals surface area contributed by atoms with Crippen molar-refractivity contribution in [1.82, 2.24) is 5.43 Å². The van der Waals surface area contributed by atoms with E-state index in [1.807, 2.05) is 49.4 Å². The Labute approximate surface area is 216 Å². The van der Waals surface area contributed by atoms with E-state index in [4.69, 9.17) is 27.9 Å². The number of ether oxygens (including phenoxy) is 1. The molecule has 0 aliphatic rings. The maximum atomic E-state index is 12.7. The van der Waals surface area contributed by atoms with Crippen LogP contribution in [0, 0.1) is 6.92 Å². The summed E-state index contributed by atoms with van der Waals surface area (Å²) in [6, 6.07) is 22.3. The van der Waals surface area contributed by atoms with Crippen LogP contribution >= 0.6 is 23.2 Å². The van der Waals surface area contributed by atoms with Crippen LogP contribution < -0.4 is 15.5 Å². The number of hydrogen-bond donors (Lipinski definition) is 2. The lowest BCUT2D eigenvalue weighted by Crippen LogP contribution is -2.32. The topological polar surface area (TPSA) is 96.9 Å². The first-order valence-electron chi connectivity index (χ1n) is 10.7. The summed E-state index contributed by atoms with van der Waals surface area (Å²) in [4.78, 5) is 37.2. The average Bonchev–Trinajstić information content (AvgIpc) is 2.87. The van der Waals surface area contributed by atoms with Crippen LogP contribution in [0.2, 0.25) is 10.0 Å². The highest BCUT2D eigenvalue weighted by Crippen LogP contribution is 2.28. The zero-order valence-corrected chi connectivity index (χ0v) is 20.4. The van der Waals surface area contributed by atoms with E-state index in [0.717, 1.165) is 16.3 Å². The molecule has 2 amide bonds. The highest BCUT2D eigenvalue weighted by atomic mass is 35.5. The predicted molar refractivity (Wildman–Crippen MR) is 141 cm³/mol. The van der Waals surface area contributed by atoms with Gasteiger partial charge in [0.15, 0.2) is 0 Å². The fourth-order valence-electron chi connectivity index (χ4n) is 3.32. The SMILES string of the molecule is Cc1ccc(C(=O)Oc2ccc3ccccc3c2/C=N/NC(=O)C(=O)Nc2cc(Cl)ccc2Cl)cc1. The van der Waals surface area contributed by atoms with Crippen molar-refractivity contribution in [1.29, 1.82) is 0 Å². The Morgan fingerprint density at radius 3 is 2.42 bits per heavy atom. The van der Waals surface area contributed by atoms with Crippen molar-refractivity contribution in [3.05, 3.63) is 106 Å². The summed E-state index contributed by atoms with van der Waals surface area (Å²) >= 11 is 11.9. The number of amides is 2. The molecule has 0 atom stereocenters. The number of aryl methyl sites for hydroxylation is 1. The average molecular weight is 520 g/mol. The maximum Gasteiger partial charge on any atom is 0.343 e. The molecule has 0 fully saturated rings. The minimum Gasteiger partial charge on any atom is -0.422 e. The number of benzene rings is 4. The molecule has 0 unspecified atom stereocenters.